The van der Waals surface area contributed by atoms with Crippen LogP contribution in [0.2, 0.25) is 0 Å². The van der Waals surface area contributed by atoms with Crippen molar-refractivity contribution in [2.45, 2.75) is 25.4 Å². The number of likely N-dealkylation sites (tertiary alicyclic amines) is 1. The zero-order valence-electron chi connectivity index (χ0n) is 7.42. The smallest absolute Gasteiger partial charge is 0.219 e. The average Bonchev–Trinajstić information content (AvgIpc) is 2.48. The molecule has 1 aliphatic rings. The van der Waals surface area contributed by atoms with Crippen LogP contribution in [0.1, 0.15) is 13.3 Å². The van der Waals surface area contributed by atoms with Gasteiger partial charge >= 0.3 is 0 Å². The van der Waals surface area contributed by atoms with E-state index in [1.807, 2.05) is 0 Å². The highest BCUT2D eigenvalue weighted by Gasteiger charge is 2.32. The van der Waals surface area contributed by atoms with Crippen molar-refractivity contribution < 1.29 is 9.90 Å². The van der Waals surface area contributed by atoms with Gasteiger partial charge in [-0.25, -0.2) is 0 Å². The number of aliphatic hydroxyl groups excluding tert-OH is 1. The van der Waals surface area contributed by atoms with Crippen LogP contribution in [0.3, 0.4) is 0 Å². The van der Waals surface area contributed by atoms with Gasteiger partial charge in [0.2, 0.25) is 5.91 Å². The Morgan fingerprint density at radius 3 is 2.92 bits per heavy atom. The van der Waals surface area contributed by atoms with E-state index in [2.05, 4.69) is 10.0 Å². The fourth-order valence-electron chi connectivity index (χ4n) is 1.61. The second-order valence-corrected chi connectivity index (χ2v) is 3.10. The Labute approximate surface area is 75.8 Å². The summed E-state index contributed by atoms with van der Waals surface area (Å²) in [5.74, 6) is -0.0883. The van der Waals surface area contributed by atoms with E-state index >= 15 is 0 Å². The molecule has 13 heavy (non-hydrogen) atoms. The van der Waals surface area contributed by atoms with Crippen LogP contribution >= 0.6 is 0 Å². The Balaban J connectivity index is 2.66. The second kappa shape index (κ2) is 4.11. The molecular weight excluding hydrogens is 172 g/mol. The Kier molecular flexibility index (Phi) is 3.11. The Hall–Kier alpha value is -1.26. The van der Waals surface area contributed by atoms with Gasteiger partial charge in [-0.2, -0.15) is 0 Å². The molecule has 2 atom stereocenters. The highest BCUT2D eigenvalue weighted by atomic mass is 16.3. The molecule has 1 N–H and O–H groups in total. The summed E-state index contributed by atoms with van der Waals surface area (Å²) in [6, 6.07) is -0.376. The number of azide groups is 1. The molecule has 1 amide bonds. The number of rotatable bonds is 2. The largest absolute Gasteiger partial charge is 0.394 e. The first-order valence-electron chi connectivity index (χ1n) is 4.11. The minimum absolute atomic E-state index is 0.0724. The predicted molar refractivity (Wildman–Crippen MR) is 45.8 cm³/mol. The van der Waals surface area contributed by atoms with Crippen molar-refractivity contribution >= 4 is 5.91 Å². The molecule has 0 aromatic rings. The number of hydrogen-bond acceptors (Lipinski definition) is 3. The van der Waals surface area contributed by atoms with Crippen LogP contribution in [0.15, 0.2) is 5.11 Å². The van der Waals surface area contributed by atoms with Crippen molar-refractivity contribution in [2.24, 2.45) is 5.11 Å². The molecular formula is C7H12N4O2. The lowest BCUT2D eigenvalue weighted by molar-refractivity contribution is -0.130. The van der Waals surface area contributed by atoms with E-state index in [1.165, 1.54) is 6.92 Å². The molecule has 0 saturated carbocycles. The monoisotopic (exact) mass is 184 g/mol. The first kappa shape index (κ1) is 9.83. The van der Waals surface area contributed by atoms with Crippen molar-refractivity contribution in [1.29, 1.82) is 0 Å². The summed E-state index contributed by atoms with van der Waals surface area (Å²) in [5, 5.41) is 12.5. The van der Waals surface area contributed by atoms with Gasteiger partial charge in [0.25, 0.3) is 0 Å². The van der Waals surface area contributed by atoms with E-state index in [-0.39, 0.29) is 24.6 Å². The summed E-state index contributed by atoms with van der Waals surface area (Å²) < 4.78 is 0. The summed E-state index contributed by atoms with van der Waals surface area (Å²) in [4.78, 5) is 15.3. The molecule has 0 unspecified atom stereocenters. The first-order chi connectivity index (χ1) is 6.19. The summed E-state index contributed by atoms with van der Waals surface area (Å²) in [7, 11) is 0. The molecule has 1 aliphatic heterocycles. The van der Waals surface area contributed by atoms with Crippen molar-refractivity contribution in [3.63, 3.8) is 0 Å². The minimum atomic E-state index is -0.189. The van der Waals surface area contributed by atoms with E-state index in [4.69, 9.17) is 10.6 Å². The van der Waals surface area contributed by atoms with Crippen molar-refractivity contribution in [1.82, 2.24) is 4.90 Å². The van der Waals surface area contributed by atoms with Gasteiger partial charge in [-0.1, -0.05) is 5.11 Å². The molecule has 0 radical (unpaired) electrons. The molecule has 1 heterocycles. The molecule has 1 fully saturated rings. The maximum atomic E-state index is 11.0. The van der Waals surface area contributed by atoms with Gasteiger partial charge in [0, 0.05) is 18.4 Å². The first-order valence-corrected chi connectivity index (χ1v) is 4.11. The third-order valence-corrected chi connectivity index (χ3v) is 2.22. The van der Waals surface area contributed by atoms with Gasteiger partial charge in [-0.05, 0) is 12.0 Å². The van der Waals surface area contributed by atoms with Crippen LogP contribution in [0.25, 0.3) is 10.4 Å². The normalized spacial score (nSPS) is 27.1. The number of carbonyl (C=O) groups excluding carboxylic acids is 1. The predicted octanol–water partition coefficient (Wildman–Crippen LogP) is 0.278. The Bertz CT molecular complexity index is 249. The minimum Gasteiger partial charge on any atom is -0.394 e. The maximum Gasteiger partial charge on any atom is 0.219 e. The maximum absolute atomic E-state index is 11.0. The summed E-state index contributed by atoms with van der Waals surface area (Å²) >= 11 is 0. The Morgan fingerprint density at radius 1 is 1.85 bits per heavy atom. The van der Waals surface area contributed by atoms with Gasteiger partial charge in [0.15, 0.2) is 0 Å². The molecule has 6 heteroatoms. The highest BCUT2D eigenvalue weighted by molar-refractivity contribution is 5.74. The standard InChI is InChI=1S/C7H12N4O2/c1-5(13)11-3-6(9-10-8)2-7(11)4-12/h6-7,12H,2-4H2,1H3/t6-,7-/m0/s1. The lowest BCUT2D eigenvalue weighted by Crippen LogP contribution is -2.36. The van der Waals surface area contributed by atoms with Crippen LogP contribution < -0.4 is 0 Å². The molecule has 0 spiro atoms. The van der Waals surface area contributed by atoms with Gasteiger partial charge in [0.1, 0.15) is 0 Å². The number of hydrogen-bond donors (Lipinski definition) is 1. The van der Waals surface area contributed by atoms with E-state index in [0.29, 0.717) is 13.0 Å². The summed E-state index contributed by atoms with van der Waals surface area (Å²) in [5.41, 5.74) is 8.20. The molecule has 0 aromatic carbocycles. The van der Waals surface area contributed by atoms with Gasteiger partial charge in [-0.15, -0.1) is 0 Å². The Morgan fingerprint density at radius 2 is 2.54 bits per heavy atom. The molecule has 6 nitrogen and oxygen atoms in total. The SMILES string of the molecule is CC(=O)N1C[C@@H](N=[N+]=[N-])C[C@H]1CO. The molecule has 1 rings (SSSR count). The van der Waals surface area contributed by atoms with E-state index in [1.54, 1.807) is 4.90 Å². The zero-order valence-corrected chi connectivity index (χ0v) is 7.42. The fourth-order valence-corrected chi connectivity index (χ4v) is 1.61. The third-order valence-electron chi connectivity index (χ3n) is 2.22. The van der Waals surface area contributed by atoms with E-state index in [0.717, 1.165) is 0 Å². The summed E-state index contributed by atoms with van der Waals surface area (Å²) in [6.07, 6.45) is 0.556. The van der Waals surface area contributed by atoms with Crippen LogP contribution in [-0.2, 0) is 4.79 Å². The van der Waals surface area contributed by atoms with Gasteiger partial charge in [-0.3, -0.25) is 4.79 Å². The van der Waals surface area contributed by atoms with Crippen LogP contribution in [-0.4, -0.2) is 41.1 Å². The highest BCUT2D eigenvalue weighted by Crippen LogP contribution is 2.19. The van der Waals surface area contributed by atoms with Crippen molar-refractivity contribution in [2.75, 3.05) is 13.2 Å². The van der Waals surface area contributed by atoms with E-state index < -0.39 is 0 Å². The molecule has 0 aromatic heterocycles. The van der Waals surface area contributed by atoms with Crippen LogP contribution in [0.4, 0.5) is 0 Å². The van der Waals surface area contributed by atoms with Gasteiger partial charge < -0.3 is 10.0 Å². The third kappa shape index (κ3) is 2.11. The molecule has 0 aliphatic carbocycles. The van der Waals surface area contributed by atoms with Crippen LogP contribution in [0, 0.1) is 0 Å². The average molecular weight is 184 g/mol. The number of nitrogens with zero attached hydrogens (tertiary/aromatic N) is 4. The fraction of sp³-hybridized carbons (Fsp3) is 0.857. The van der Waals surface area contributed by atoms with Crippen molar-refractivity contribution in [3.05, 3.63) is 10.4 Å². The lowest BCUT2D eigenvalue weighted by Gasteiger charge is -2.20. The van der Waals surface area contributed by atoms with E-state index in [9.17, 15) is 4.79 Å². The number of carbonyl (C=O) groups is 1. The van der Waals surface area contributed by atoms with Crippen molar-refractivity contribution in [3.8, 4) is 0 Å². The van der Waals surface area contributed by atoms with Crippen LogP contribution in [0.5, 0.6) is 0 Å². The molecule has 0 bridgehead atoms. The number of aliphatic hydroxyl groups is 1. The molecule has 1 saturated heterocycles. The van der Waals surface area contributed by atoms with Gasteiger partial charge in [0.05, 0.1) is 18.7 Å². The lowest BCUT2D eigenvalue weighted by atomic mass is 10.2. The number of amides is 1. The topological polar surface area (TPSA) is 89.3 Å². The second-order valence-electron chi connectivity index (χ2n) is 3.10. The zero-order chi connectivity index (χ0) is 9.84. The molecule has 72 valence electrons. The quantitative estimate of drug-likeness (QED) is 0.379. The summed E-state index contributed by atoms with van der Waals surface area (Å²) in [6.45, 7) is 1.79.